The first-order chi connectivity index (χ1) is 15.2. The Bertz CT molecular complexity index is 1230. The molecule has 4 fully saturated rings. The van der Waals surface area contributed by atoms with Gasteiger partial charge in [0.1, 0.15) is 11.3 Å². The molecule has 0 aromatic carbocycles. The Morgan fingerprint density at radius 3 is 2.73 bits per heavy atom. The molecule has 2 unspecified atom stereocenters. The molecule has 140 valence electrons. The van der Waals surface area contributed by atoms with Gasteiger partial charge >= 0.3 is 5.69 Å². The van der Waals surface area contributed by atoms with Crippen LogP contribution in [-0.4, -0.2) is 19.1 Å². The van der Waals surface area contributed by atoms with Crippen molar-refractivity contribution in [1.29, 1.82) is 0 Å². The van der Waals surface area contributed by atoms with Gasteiger partial charge < -0.3 is 4.98 Å². The Kier molecular flexibility index (Phi) is 2.24. The van der Waals surface area contributed by atoms with Crippen molar-refractivity contribution in [2.45, 2.75) is 77.1 Å². The second kappa shape index (κ2) is 5.57. The predicted molar refractivity (Wildman–Crippen MR) is 100 cm³/mol. The molecule has 0 spiro atoms. The predicted octanol–water partition coefficient (Wildman–Crippen LogP) is 2.78. The summed E-state index contributed by atoms with van der Waals surface area (Å²) in [7, 11) is 0. The van der Waals surface area contributed by atoms with Crippen LogP contribution in [-0.2, 0) is 18.5 Å². The van der Waals surface area contributed by atoms with Crippen molar-refractivity contribution in [3.8, 4) is 0 Å². The Labute approximate surface area is 162 Å². The van der Waals surface area contributed by atoms with Gasteiger partial charge in [-0.25, -0.2) is 9.78 Å². The molecule has 26 heavy (non-hydrogen) atoms. The highest BCUT2D eigenvalue weighted by atomic mass is 16.2. The van der Waals surface area contributed by atoms with E-state index in [9.17, 15) is 9.59 Å². The minimum atomic E-state index is -3.41. The molecule has 4 atom stereocenters. The third-order valence-electron chi connectivity index (χ3n) is 6.85. The van der Waals surface area contributed by atoms with Gasteiger partial charge in [-0.15, -0.1) is 0 Å². The first kappa shape index (κ1) is 10.5. The highest BCUT2D eigenvalue weighted by Gasteiger charge is 2.59. The van der Waals surface area contributed by atoms with E-state index in [0.29, 0.717) is 34.6 Å². The summed E-state index contributed by atoms with van der Waals surface area (Å²) in [4.78, 5) is 34.2. The molecule has 4 aliphatic carbocycles. The molecular weight excluding hydrogens is 328 g/mol. The number of hydrogen-bond acceptors (Lipinski definition) is 3. The summed E-state index contributed by atoms with van der Waals surface area (Å²) >= 11 is 0. The summed E-state index contributed by atoms with van der Waals surface area (Å²) in [6.07, 6.45) is 2.20. The fourth-order valence-corrected chi connectivity index (χ4v) is 6.10. The molecule has 0 amide bonds. The molecule has 0 saturated heterocycles. The topological polar surface area (TPSA) is 72.7 Å². The van der Waals surface area contributed by atoms with Crippen LogP contribution in [0.4, 0.5) is 0 Å². The van der Waals surface area contributed by atoms with Gasteiger partial charge in [0.05, 0.1) is 0 Å². The molecule has 6 rings (SSSR count). The molecule has 6 heteroatoms. The maximum atomic E-state index is 13.3. The van der Waals surface area contributed by atoms with E-state index in [1.165, 1.54) is 6.42 Å². The smallest absolute Gasteiger partial charge is 0.332 e. The molecule has 4 saturated carbocycles. The minimum absolute atomic E-state index is 0.00722. The molecule has 4 bridgehead atoms. The normalized spacial score (nSPS) is 37.7. The molecule has 0 aliphatic heterocycles. The zero-order valence-electron chi connectivity index (χ0n) is 21.8. The van der Waals surface area contributed by atoms with Crippen molar-refractivity contribution >= 4 is 11.2 Å². The molecule has 2 aromatic heterocycles. The fourth-order valence-electron chi connectivity index (χ4n) is 6.10. The number of rotatable bonds is 5. The standard InChI is InChI=1S/C20H28N4O2/c1-3-5-23-16-15(17(25)24(6-4-2)19(23)26)21-18(22-16)20-10-12-7-13(11-20)9-14(20)8-12/h12-14H,3-11H2,1-2H3,(H,21,22)/t12-,13+,14?,20?/i1D3,3D2,5D2. The Morgan fingerprint density at radius 1 is 1.27 bits per heavy atom. The van der Waals surface area contributed by atoms with Crippen molar-refractivity contribution in [2.75, 3.05) is 0 Å². The summed E-state index contributed by atoms with van der Waals surface area (Å²) < 4.78 is 57.1. The van der Waals surface area contributed by atoms with Gasteiger partial charge in [-0.3, -0.25) is 13.9 Å². The van der Waals surface area contributed by atoms with Gasteiger partial charge in [0, 0.05) is 28.1 Å². The minimum Gasteiger partial charge on any atom is -0.336 e. The summed E-state index contributed by atoms with van der Waals surface area (Å²) in [6, 6.07) is 0. The van der Waals surface area contributed by atoms with Crippen molar-refractivity contribution in [3.05, 3.63) is 26.7 Å². The van der Waals surface area contributed by atoms with E-state index in [4.69, 9.17) is 9.60 Å². The van der Waals surface area contributed by atoms with Crippen LogP contribution in [0.1, 0.15) is 74.1 Å². The summed E-state index contributed by atoms with van der Waals surface area (Å²) in [5.41, 5.74) is -2.40. The fraction of sp³-hybridized carbons (Fsp3) is 0.750. The van der Waals surface area contributed by atoms with Crippen LogP contribution in [0.25, 0.3) is 11.2 Å². The van der Waals surface area contributed by atoms with Gasteiger partial charge in [0.2, 0.25) is 0 Å². The van der Waals surface area contributed by atoms with Crippen LogP contribution in [0.2, 0.25) is 0 Å². The van der Waals surface area contributed by atoms with E-state index in [0.717, 1.165) is 30.3 Å². The monoisotopic (exact) mass is 363 g/mol. The highest BCUT2D eigenvalue weighted by Crippen LogP contribution is 2.65. The zero-order valence-corrected chi connectivity index (χ0v) is 14.8. The van der Waals surface area contributed by atoms with Crippen molar-refractivity contribution < 1.29 is 9.60 Å². The lowest BCUT2D eigenvalue weighted by atomic mass is 9.75. The Balaban J connectivity index is 1.79. The lowest BCUT2D eigenvalue weighted by Gasteiger charge is -2.30. The van der Waals surface area contributed by atoms with Crippen LogP contribution < -0.4 is 11.2 Å². The summed E-state index contributed by atoms with van der Waals surface area (Å²) in [6.45, 7) is -4.89. The molecular formula is C20H28N4O2. The van der Waals surface area contributed by atoms with Crippen LogP contribution in [0.15, 0.2) is 9.59 Å². The first-order valence-corrected chi connectivity index (χ1v) is 9.51. The van der Waals surface area contributed by atoms with E-state index in [1.807, 2.05) is 0 Å². The lowest BCUT2D eigenvalue weighted by molar-refractivity contribution is 0.262. The largest absolute Gasteiger partial charge is 0.336 e. The molecule has 4 aliphatic rings. The van der Waals surface area contributed by atoms with Crippen LogP contribution in [0.5, 0.6) is 0 Å². The first-order valence-electron chi connectivity index (χ1n) is 13.0. The van der Waals surface area contributed by atoms with Crippen molar-refractivity contribution in [3.63, 3.8) is 0 Å². The third kappa shape index (κ3) is 2.01. The van der Waals surface area contributed by atoms with Crippen LogP contribution in [0.3, 0.4) is 0 Å². The number of nitrogens with one attached hydrogen (secondary N) is 1. The molecule has 6 nitrogen and oxygen atoms in total. The third-order valence-corrected chi connectivity index (χ3v) is 6.85. The summed E-state index contributed by atoms with van der Waals surface area (Å²) in [5, 5.41) is 0. The number of fused-ring (bicyclic) bond motifs is 1. The van der Waals surface area contributed by atoms with E-state index in [-0.39, 0.29) is 23.1 Å². The number of aryl methyl sites for hydroxylation is 1. The van der Waals surface area contributed by atoms with Gasteiger partial charge in [-0.05, 0) is 62.7 Å². The molecule has 0 radical (unpaired) electrons. The van der Waals surface area contributed by atoms with Crippen LogP contribution in [0, 0.1) is 17.8 Å². The Morgan fingerprint density at radius 2 is 2.04 bits per heavy atom. The number of aromatic nitrogens is 4. The highest BCUT2D eigenvalue weighted by molar-refractivity contribution is 5.70. The van der Waals surface area contributed by atoms with Crippen LogP contribution >= 0.6 is 0 Å². The number of nitrogens with zero attached hydrogens (tertiary/aromatic N) is 3. The number of hydrogen-bond donors (Lipinski definition) is 1. The van der Waals surface area contributed by atoms with Crippen molar-refractivity contribution in [2.24, 2.45) is 17.8 Å². The maximum Gasteiger partial charge on any atom is 0.332 e. The molecule has 1 N–H and O–H groups in total. The van der Waals surface area contributed by atoms with E-state index in [1.54, 1.807) is 6.92 Å². The second-order valence-electron chi connectivity index (χ2n) is 8.30. The average Bonchev–Trinajstić information content (AvgIpc) is 3.32. The van der Waals surface area contributed by atoms with E-state index in [2.05, 4.69) is 9.97 Å². The van der Waals surface area contributed by atoms with Gasteiger partial charge in [-0.2, -0.15) is 0 Å². The zero-order chi connectivity index (χ0) is 24.1. The SMILES string of the molecule is [2H]C([2H])([2H])C([2H])([2H])C([2H])([2H])n1c(=O)n(CCC)c(=O)c2[nH]c(C34C[C@@H]5CC3C[C@@H](C5)C4)nc21. The lowest BCUT2D eigenvalue weighted by Crippen LogP contribution is -2.40. The van der Waals surface area contributed by atoms with E-state index >= 15 is 0 Å². The molecule has 2 aromatic rings. The summed E-state index contributed by atoms with van der Waals surface area (Å²) in [5.74, 6) is 2.12. The number of imidazole rings is 1. The quantitative estimate of drug-likeness (QED) is 0.888. The second-order valence-corrected chi connectivity index (χ2v) is 8.30. The molecule has 2 heterocycles. The van der Waals surface area contributed by atoms with Gasteiger partial charge in [0.15, 0.2) is 5.65 Å². The maximum absolute atomic E-state index is 13.3. The number of aromatic amines is 1. The Hall–Kier alpha value is -1.85. The van der Waals surface area contributed by atoms with E-state index < -0.39 is 31.0 Å². The van der Waals surface area contributed by atoms with Gasteiger partial charge in [-0.1, -0.05) is 13.8 Å². The van der Waals surface area contributed by atoms with Gasteiger partial charge in [0.25, 0.3) is 5.56 Å². The van der Waals surface area contributed by atoms with Crippen molar-refractivity contribution in [1.82, 2.24) is 19.1 Å². The average molecular weight is 364 g/mol. The number of H-pyrrole nitrogens is 1.